The van der Waals surface area contributed by atoms with Crippen LogP contribution in [0.2, 0.25) is 0 Å². The number of methoxy groups -OCH3 is 1. The Bertz CT molecular complexity index is 973. The number of anilines is 3. The average molecular weight is 398 g/mol. The lowest BCUT2D eigenvalue weighted by Gasteiger charge is -2.20. The molecule has 0 bridgehead atoms. The van der Waals surface area contributed by atoms with Crippen LogP contribution in [0.1, 0.15) is 29.9 Å². The monoisotopic (exact) mass is 398 g/mol. The molecule has 3 heterocycles. The van der Waals surface area contributed by atoms with Crippen molar-refractivity contribution in [1.29, 1.82) is 0 Å². The second-order valence-corrected chi connectivity index (χ2v) is 5.62. The van der Waals surface area contributed by atoms with Crippen LogP contribution < -0.4 is 15.8 Å². The molecule has 0 spiro atoms. The number of nitrogens with one attached hydrogen (secondary N) is 2. The first-order chi connectivity index (χ1) is 13.2. The highest BCUT2D eigenvalue weighted by Gasteiger charge is 2.40. The van der Waals surface area contributed by atoms with Crippen LogP contribution in [-0.4, -0.2) is 37.2 Å². The fraction of sp³-hybridized carbons (Fsp3) is 0.267. The first-order valence-corrected chi connectivity index (χ1v) is 7.77. The minimum Gasteiger partial charge on any atom is -0.481 e. The Hall–Kier alpha value is -3.51. The van der Waals surface area contributed by atoms with E-state index in [1.165, 1.54) is 20.1 Å². The topological polar surface area (TPSA) is 128 Å². The van der Waals surface area contributed by atoms with Crippen molar-refractivity contribution in [3.05, 3.63) is 41.4 Å². The number of nitrogen functional groups attached to an aromatic ring is 1. The lowest BCUT2D eigenvalue weighted by atomic mass is 9.98. The molecule has 0 aliphatic rings. The van der Waals surface area contributed by atoms with Gasteiger partial charge in [0.05, 0.1) is 19.5 Å². The van der Waals surface area contributed by atoms with Crippen molar-refractivity contribution in [3.8, 4) is 5.88 Å². The average Bonchev–Trinajstić information content (AvgIpc) is 3.08. The number of nitrogens with two attached hydrogens (primary N) is 1. The van der Waals surface area contributed by atoms with Gasteiger partial charge in [-0.25, -0.2) is 24.4 Å². The number of aromatic amines is 1. The summed E-state index contributed by atoms with van der Waals surface area (Å²) < 4.78 is 58.9. The summed E-state index contributed by atoms with van der Waals surface area (Å²) in [5.41, 5.74) is 3.85. The molecule has 3 aromatic heterocycles. The SMILES string of the molecule is COc1cc(Nc2nc(N)nc(C(F)(F)F)c2[C@H](C)c2ncc(F)cn2)n[nH]1. The van der Waals surface area contributed by atoms with Gasteiger partial charge in [-0.05, 0) is 0 Å². The maximum absolute atomic E-state index is 13.6. The van der Waals surface area contributed by atoms with E-state index in [2.05, 4.69) is 35.5 Å². The fourth-order valence-electron chi connectivity index (χ4n) is 2.48. The smallest absolute Gasteiger partial charge is 0.433 e. The second kappa shape index (κ2) is 7.25. The number of H-pyrrole nitrogens is 1. The molecule has 1 atom stereocenters. The van der Waals surface area contributed by atoms with Crippen LogP contribution in [0.5, 0.6) is 5.88 Å². The number of hydrogen-bond acceptors (Lipinski definition) is 8. The summed E-state index contributed by atoms with van der Waals surface area (Å²) in [5, 5.41) is 9.05. The number of ether oxygens (including phenoxy) is 1. The van der Waals surface area contributed by atoms with Gasteiger partial charge in [-0.15, -0.1) is 0 Å². The van der Waals surface area contributed by atoms with E-state index in [4.69, 9.17) is 10.5 Å². The Balaban J connectivity index is 2.14. The molecule has 0 aliphatic carbocycles. The summed E-state index contributed by atoms with van der Waals surface area (Å²) >= 11 is 0. The molecule has 0 amide bonds. The molecule has 3 rings (SSSR count). The summed E-state index contributed by atoms with van der Waals surface area (Å²) in [6.07, 6.45) is -3.12. The van der Waals surface area contributed by atoms with Crippen LogP contribution in [0.15, 0.2) is 18.5 Å². The van der Waals surface area contributed by atoms with Gasteiger partial charge in [0.2, 0.25) is 11.8 Å². The van der Waals surface area contributed by atoms with E-state index in [-0.39, 0.29) is 28.9 Å². The third kappa shape index (κ3) is 3.92. The maximum atomic E-state index is 13.6. The summed E-state index contributed by atoms with van der Waals surface area (Å²) in [7, 11) is 1.39. The van der Waals surface area contributed by atoms with Gasteiger partial charge >= 0.3 is 6.18 Å². The van der Waals surface area contributed by atoms with E-state index >= 15 is 0 Å². The molecule has 4 N–H and O–H groups in total. The quantitative estimate of drug-likeness (QED) is 0.560. The van der Waals surface area contributed by atoms with Crippen molar-refractivity contribution in [2.75, 3.05) is 18.2 Å². The van der Waals surface area contributed by atoms with Crippen molar-refractivity contribution >= 4 is 17.6 Å². The minimum absolute atomic E-state index is 0.0528. The number of nitrogens with zero attached hydrogens (tertiary/aromatic N) is 5. The number of halogens is 4. The molecule has 13 heteroatoms. The van der Waals surface area contributed by atoms with Crippen LogP contribution in [0.4, 0.5) is 35.1 Å². The molecule has 0 aromatic carbocycles. The Labute approximate surface area is 155 Å². The molecule has 28 heavy (non-hydrogen) atoms. The normalized spacial score (nSPS) is 12.6. The molecule has 0 fully saturated rings. The van der Waals surface area contributed by atoms with E-state index in [0.717, 1.165) is 12.4 Å². The van der Waals surface area contributed by atoms with Crippen LogP contribution in [-0.2, 0) is 6.18 Å². The molecular formula is C15H14F4N8O. The second-order valence-electron chi connectivity index (χ2n) is 5.62. The van der Waals surface area contributed by atoms with E-state index in [1.807, 2.05) is 0 Å². The van der Waals surface area contributed by atoms with Crippen LogP contribution >= 0.6 is 0 Å². The lowest BCUT2D eigenvalue weighted by Crippen LogP contribution is -2.20. The predicted molar refractivity (Wildman–Crippen MR) is 89.4 cm³/mol. The van der Waals surface area contributed by atoms with E-state index in [0.29, 0.717) is 0 Å². The van der Waals surface area contributed by atoms with Gasteiger partial charge in [0.25, 0.3) is 0 Å². The summed E-state index contributed by atoms with van der Waals surface area (Å²) in [4.78, 5) is 14.7. The minimum atomic E-state index is -4.83. The molecule has 0 saturated carbocycles. The third-order valence-electron chi connectivity index (χ3n) is 3.71. The van der Waals surface area contributed by atoms with E-state index in [1.54, 1.807) is 0 Å². The highest BCUT2D eigenvalue weighted by molar-refractivity contribution is 5.61. The third-order valence-corrected chi connectivity index (χ3v) is 3.71. The Morgan fingerprint density at radius 2 is 1.89 bits per heavy atom. The van der Waals surface area contributed by atoms with Gasteiger partial charge in [-0.1, -0.05) is 6.92 Å². The number of hydrogen-bond donors (Lipinski definition) is 3. The molecule has 0 aliphatic heterocycles. The fourth-order valence-corrected chi connectivity index (χ4v) is 2.48. The molecule has 148 valence electrons. The molecular weight excluding hydrogens is 384 g/mol. The van der Waals surface area contributed by atoms with Gasteiger partial charge < -0.3 is 15.8 Å². The van der Waals surface area contributed by atoms with Crippen molar-refractivity contribution in [1.82, 2.24) is 30.1 Å². The molecule has 0 unspecified atom stereocenters. The van der Waals surface area contributed by atoms with Gasteiger partial charge in [0.1, 0.15) is 11.6 Å². The van der Waals surface area contributed by atoms with Crippen molar-refractivity contribution in [3.63, 3.8) is 0 Å². The van der Waals surface area contributed by atoms with Crippen molar-refractivity contribution < 1.29 is 22.3 Å². The molecule has 0 saturated heterocycles. The highest BCUT2D eigenvalue weighted by atomic mass is 19.4. The van der Waals surface area contributed by atoms with Gasteiger partial charge in [0, 0.05) is 17.5 Å². The standard InChI is InChI=1S/C15H14F4N8O/c1-6(12-21-4-7(16)5-22-12)10-11(15(17,18)19)24-14(20)25-13(10)23-8-3-9(28-2)27-26-8/h3-6H,1-2H3,(H4,20,23,24,25,26,27)/t6-/m0/s1. The van der Waals surface area contributed by atoms with Crippen LogP contribution in [0.3, 0.4) is 0 Å². The number of alkyl halides is 3. The van der Waals surface area contributed by atoms with Crippen molar-refractivity contribution in [2.24, 2.45) is 0 Å². The zero-order valence-electron chi connectivity index (χ0n) is 14.5. The van der Waals surface area contributed by atoms with Crippen molar-refractivity contribution in [2.45, 2.75) is 19.0 Å². The van der Waals surface area contributed by atoms with Crippen LogP contribution in [0, 0.1) is 5.82 Å². The Morgan fingerprint density at radius 1 is 1.21 bits per heavy atom. The molecule has 9 nitrogen and oxygen atoms in total. The summed E-state index contributed by atoms with van der Waals surface area (Å²) in [6, 6.07) is 1.41. The molecule has 0 radical (unpaired) electrons. The van der Waals surface area contributed by atoms with Gasteiger partial charge in [-0.3, -0.25) is 0 Å². The predicted octanol–water partition coefficient (Wildman–Crippen LogP) is 2.63. The first kappa shape index (κ1) is 19.3. The lowest BCUT2D eigenvalue weighted by molar-refractivity contribution is -0.141. The zero-order valence-corrected chi connectivity index (χ0v) is 14.5. The Morgan fingerprint density at radius 3 is 2.46 bits per heavy atom. The first-order valence-electron chi connectivity index (χ1n) is 7.77. The molecule has 3 aromatic rings. The Kier molecular flexibility index (Phi) is 4.98. The summed E-state index contributed by atoms with van der Waals surface area (Å²) in [6.45, 7) is 1.41. The van der Waals surface area contributed by atoms with Gasteiger partial charge in [-0.2, -0.15) is 23.3 Å². The van der Waals surface area contributed by atoms with Crippen LogP contribution in [0.25, 0.3) is 0 Å². The zero-order chi connectivity index (χ0) is 20.5. The largest absolute Gasteiger partial charge is 0.481 e. The highest BCUT2D eigenvalue weighted by Crippen LogP contribution is 2.39. The van der Waals surface area contributed by atoms with E-state index in [9.17, 15) is 17.6 Å². The number of aromatic nitrogens is 6. The van der Waals surface area contributed by atoms with E-state index < -0.39 is 29.6 Å². The summed E-state index contributed by atoms with van der Waals surface area (Å²) in [5.74, 6) is -2.23. The van der Waals surface area contributed by atoms with Gasteiger partial charge in [0.15, 0.2) is 17.3 Å². The maximum Gasteiger partial charge on any atom is 0.433 e. The number of rotatable bonds is 5.